The van der Waals surface area contributed by atoms with Gasteiger partial charge in [-0.1, -0.05) is 0 Å². The molecular formula is C11H16O7. The number of carbonyl (C=O) groups is 3. The van der Waals surface area contributed by atoms with Crippen molar-refractivity contribution in [2.45, 2.75) is 39.1 Å². The van der Waals surface area contributed by atoms with Crippen LogP contribution in [0.15, 0.2) is 0 Å². The predicted octanol–water partition coefficient (Wildman–Crippen LogP) is -0.188. The van der Waals surface area contributed by atoms with Crippen LogP contribution in [-0.4, -0.2) is 49.4 Å². The number of carbonyl (C=O) groups excluding carboxylic acids is 3. The van der Waals surface area contributed by atoms with E-state index in [1.807, 2.05) is 0 Å². The molecule has 0 aliphatic carbocycles. The molecule has 0 aromatic rings. The molecule has 0 N–H and O–H groups in total. The largest absolute Gasteiger partial charge is 0.463 e. The van der Waals surface area contributed by atoms with Gasteiger partial charge in [-0.05, 0) is 0 Å². The van der Waals surface area contributed by atoms with Crippen molar-refractivity contribution in [2.24, 2.45) is 0 Å². The van der Waals surface area contributed by atoms with Crippen molar-refractivity contribution in [1.29, 1.82) is 0 Å². The molecule has 0 radical (unpaired) electrons. The predicted molar refractivity (Wildman–Crippen MR) is 57.5 cm³/mol. The summed E-state index contributed by atoms with van der Waals surface area (Å²) in [5, 5.41) is 0. The molecule has 0 spiro atoms. The average Bonchev–Trinajstić information content (AvgIpc) is 2.57. The van der Waals surface area contributed by atoms with Crippen molar-refractivity contribution < 1.29 is 33.3 Å². The molecule has 0 bridgehead atoms. The Morgan fingerprint density at radius 1 is 1.06 bits per heavy atom. The first-order valence-corrected chi connectivity index (χ1v) is 5.49. The Morgan fingerprint density at radius 3 is 2.17 bits per heavy atom. The topological polar surface area (TPSA) is 88.1 Å². The van der Waals surface area contributed by atoms with E-state index in [9.17, 15) is 14.4 Å². The lowest BCUT2D eigenvalue weighted by Crippen LogP contribution is -2.39. The highest BCUT2D eigenvalue weighted by molar-refractivity contribution is 5.67. The molecule has 102 valence electrons. The molecule has 2 unspecified atom stereocenters. The molecule has 0 saturated carbocycles. The Morgan fingerprint density at radius 2 is 1.67 bits per heavy atom. The molecule has 0 aromatic carbocycles. The third kappa shape index (κ3) is 4.33. The number of esters is 3. The summed E-state index contributed by atoms with van der Waals surface area (Å²) in [7, 11) is 0. The lowest BCUT2D eigenvalue weighted by atomic mass is 10.1. The van der Waals surface area contributed by atoms with Crippen LogP contribution in [0, 0.1) is 0 Å². The first-order valence-electron chi connectivity index (χ1n) is 5.49. The molecule has 0 aromatic heterocycles. The second-order valence-electron chi connectivity index (χ2n) is 3.90. The van der Waals surface area contributed by atoms with Crippen LogP contribution in [0.5, 0.6) is 0 Å². The van der Waals surface area contributed by atoms with Gasteiger partial charge in [0.05, 0.1) is 6.61 Å². The van der Waals surface area contributed by atoms with Crippen LogP contribution >= 0.6 is 0 Å². The van der Waals surface area contributed by atoms with Gasteiger partial charge in [-0.15, -0.1) is 0 Å². The Balaban J connectivity index is 2.63. The van der Waals surface area contributed by atoms with E-state index >= 15 is 0 Å². The minimum absolute atomic E-state index is 0.0506. The summed E-state index contributed by atoms with van der Waals surface area (Å²) < 4.78 is 20.1. The standard InChI is InChI=1S/C11H16O7/c1-6(12)15-4-9-11(18-8(3)14)10(5-16-9)17-7(2)13/h9-11H,4-5H2,1-3H3/t9?,10-,11?/m1/s1. The quantitative estimate of drug-likeness (QED) is 0.511. The van der Waals surface area contributed by atoms with Gasteiger partial charge in [0.15, 0.2) is 12.2 Å². The second kappa shape index (κ2) is 6.34. The van der Waals surface area contributed by atoms with Crippen molar-refractivity contribution in [2.75, 3.05) is 13.2 Å². The zero-order valence-corrected chi connectivity index (χ0v) is 10.5. The Labute approximate surface area is 104 Å². The van der Waals surface area contributed by atoms with Crippen LogP contribution in [0.1, 0.15) is 20.8 Å². The highest BCUT2D eigenvalue weighted by atomic mass is 16.6. The van der Waals surface area contributed by atoms with Gasteiger partial charge in [0.1, 0.15) is 12.7 Å². The average molecular weight is 260 g/mol. The summed E-state index contributed by atoms with van der Waals surface area (Å²) in [4.78, 5) is 32.6. The zero-order valence-electron chi connectivity index (χ0n) is 10.5. The number of rotatable bonds is 4. The Hall–Kier alpha value is -1.63. The van der Waals surface area contributed by atoms with Crippen LogP contribution in [0.25, 0.3) is 0 Å². The minimum Gasteiger partial charge on any atom is -0.463 e. The fourth-order valence-electron chi connectivity index (χ4n) is 1.65. The molecule has 1 fully saturated rings. The first kappa shape index (κ1) is 14.4. The van der Waals surface area contributed by atoms with Gasteiger partial charge >= 0.3 is 17.9 Å². The molecule has 0 amide bonds. The summed E-state index contributed by atoms with van der Waals surface area (Å²) in [5.74, 6) is -1.47. The van der Waals surface area contributed by atoms with Crippen LogP contribution in [-0.2, 0) is 33.3 Å². The van der Waals surface area contributed by atoms with E-state index in [0.29, 0.717) is 0 Å². The Bertz CT molecular complexity index is 338. The lowest BCUT2D eigenvalue weighted by Gasteiger charge is -2.21. The van der Waals surface area contributed by atoms with E-state index in [0.717, 1.165) is 0 Å². The molecule has 7 heteroatoms. The van der Waals surface area contributed by atoms with Gasteiger partial charge in [-0.3, -0.25) is 14.4 Å². The zero-order chi connectivity index (χ0) is 13.7. The first-order chi connectivity index (χ1) is 8.40. The monoisotopic (exact) mass is 260 g/mol. The van der Waals surface area contributed by atoms with Gasteiger partial charge in [-0.25, -0.2) is 0 Å². The van der Waals surface area contributed by atoms with E-state index in [1.165, 1.54) is 20.8 Å². The molecule has 7 nitrogen and oxygen atoms in total. The third-order valence-electron chi connectivity index (χ3n) is 2.28. The number of hydrogen-bond acceptors (Lipinski definition) is 7. The van der Waals surface area contributed by atoms with Gasteiger partial charge in [0.25, 0.3) is 0 Å². The normalized spacial score (nSPS) is 26.5. The smallest absolute Gasteiger partial charge is 0.303 e. The maximum absolute atomic E-state index is 11.0. The molecule has 1 aliphatic rings. The SMILES string of the molecule is CC(=O)OCC1OC[C@@H](OC(C)=O)C1OC(C)=O. The van der Waals surface area contributed by atoms with Gasteiger partial charge in [0, 0.05) is 20.8 Å². The van der Waals surface area contributed by atoms with Crippen molar-refractivity contribution in [1.82, 2.24) is 0 Å². The number of ether oxygens (including phenoxy) is 4. The van der Waals surface area contributed by atoms with E-state index < -0.39 is 36.2 Å². The van der Waals surface area contributed by atoms with Gasteiger partial charge in [0.2, 0.25) is 0 Å². The molecule has 1 heterocycles. The minimum atomic E-state index is -0.759. The summed E-state index contributed by atoms with van der Waals surface area (Å²) >= 11 is 0. The lowest BCUT2D eigenvalue weighted by molar-refractivity contribution is -0.165. The Kier molecular flexibility index (Phi) is 5.08. The van der Waals surface area contributed by atoms with Crippen LogP contribution in [0.2, 0.25) is 0 Å². The van der Waals surface area contributed by atoms with E-state index in [-0.39, 0.29) is 13.2 Å². The van der Waals surface area contributed by atoms with Crippen LogP contribution in [0.3, 0.4) is 0 Å². The van der Waals surface area contributed by atoms with E-state index in [4.69, 9.17) is 18.9 Å². The molecule has 1 aliphatic heterocycles. The van der Waals surface area contributed by atoms with E-state index in [2.05, 4.69) is 0 Å². The summed E-state index contributed by atoms with van der Waals surface area (Å²) in [6, 6.07) is 0. The fourth-order valence-corrected chi connectivity index (χ4v) is 1.65. The molecule has 1 rings (SSSR count). The fraction of sp³-hybridized carbons (Fsp3) is 0.727. The molecular weight excluding hydrogens is 244 g/mol. The van der Waals surface area contributed by atoms with E-state index in [1.54, 1.807) is 0 Å². The summed E-state index contributed by atoms with van der Waals surface area (Å²) in [6.07, 6.45) is -2.06. The highest BCUT2D eigenvalue weighted by Crippen LogP contribution is 2.21. The van der Waals surface area contributed by atoms with Gasteiger partial charge < -0.3 is 18.9 Å². The van der Waals surface area contributed by atoms with Crippen LogP contribution < -0.4 is 0 Å². The van der Waals surface area contributed by atoms with Crippen molar-refractivity contribution in [3.63, 3.8) is 0 Å². The molecule has 1 saturated heterocycles. The van der Waals surface area contributed by atoms with Gasteiger partial charge in [-0.2, -0.15) is 0 Å². The third-order valence-corrected chi connectivity index (χ3v) is 2.28. The maximum atomic E-state index is 11.0. The highest BCUT2D eigenvalue weighted by Gasteiger charge is 2.42. The number of hydrogen-bond donors (Lipinski definition) is 0. The van der Waals surface area contributed by atoms with Crippen molar-refractivity contribution in [3.8, 4) is 0 Å². The summed E-state index contributed by atoms with van der Waals surface area (Å²) in [6.45, 7) is 3.81. The molecule has 18 heavy (non-hydrogen) atoms. The molecule has 3 atom stereocenters. The van der Waals surface area contributed by atoms with Crippen LogP contribution in [0.4, 0.5) is 0 Å². The summed E-state index contributed by atoms with van der Waals surface area (Å²) in [5.41, 5.74) is 0. The van der Waals surface area contributed by atoms with Crippen molar-refractivity contribution >= 4 is 17.9 Å². The second-order valence-corrected chi connectivity index (χ2v) is 3.90. The maximum Gasteiger partial charge on any atom is 0.303 e. The van der Waals surface area contributed by atoms with Crippen molar-refractivity contribution in [3.05, 3.63) is 0 Å².